The summed E-state index contributed by atoms with van der Waals surface area (Å²) in [5.41, 5.74) is -1.43. The normalized spacial score (nSPS) is 11.8. The van der Waals surface area contributed by atoms with Crippen LogP contribution in [0.3, 0.4) is 0 Å². The minimum atomic E-state index is -0.713. The van der Waals surface area contributed by atoms with Gasteiger partial charge >= 0.3 is 24.1 Å². The average molecular weight is 965 g/mol. The van der Waals surface area contributed by atoms with E-state index >= 15 is 0 Å². The molecule has 12 nitrogen and oxygen atoms in total. The van der Waals surface area contributed by atoms with Gasteiger partial charge in [0.1, 0.15) is 17.3 Å². The molecule has 0 aromatic carbocycles. The summed E-state index contributed by atoms with van der Waals surface area (Å²) in [4.78, 5) is 57.4. The van der Waals surface area contributed by atoms with Crippen LogP contribution >= 0.6 is 0 Å². The highest BCUT2D eigenvalue weighted by Gasteiger charge is 2.21. The summed E-state index contributed by atoms with van der Waals surface area (Å²) in [5, 5.41) is 5.16. The second-order valence-corrected chi connectivity index (χ2v) is 21.3. The van der Waals surface area contributed by atoms with Gasteiger partial charge in [-0.1, -0.05) is 162 Å². The molecule has 0 aromatic rings. The number of hydrogen-bond acceptors (Lipinski definition) is 10. The van der Waals surface area contributed by atoms with Crippen molar-refractivity contribution < 1.29 is 38.1 Å². The molecule has 0 unspecified atom stereocenters. The Labute approximate surface area is 418 Å². The van der Waals surface area contributed by atoms with Gasteiger partial charge in [0.25, 0.3) is 0 Å². The van der Waals surface area contributed by atoms with E-state index in [4.69, 9.17) is 18.9 Å². The first-order chi connectivity index (χ1) is 32.6. The predicted octanol–water partition coefficient (Wildman–Crippen LogP) is 15.5. The third-order valence-electron chi connectivity index (χ3n) is 11.9. The Morgan fingerprint density at radius 2 is 0.824 bits per heavy atom. The molecule has 400 valence electrons. The highest BCUT2D eigenvalue weighted by atomic mass is 16.6. The Morgan fingerprint density at radius 3 is 1.26 bits per heavy atom. The fourth-order valence-electron chi connectivity index (χ4n) is 8.13. The van der Waals surface area contributed by atoms with Crippen LogP contribution in [0.1, 0.15) is 281 Å². The van der Waals surface area contributed by atoms with Gasteiger partial charge in [-0.05, 0) is 125 Å². The molecule has 0 bridgehead atoms. The van der Waals surface area contributed by atoms with Gasteiger partial charge in [0.15, 0.2) is 0 Å². The molecule has 0 rings (SSSR count). The van der Waals surface area contributed by atoms with E-state index < -0.39 is 23.4 Å². The Bertz CT molecular complexity index is 1220. The van der Waals surface area contributed by atoms with Crippen LogP contribution in [-0.2, 0) is 28.5 Å². The van der Waals surface area contributed by atoms with Gasteiger partial charge in [0, 0.05) is 19.4 Å². The van der Waals surface area contributed by atoms with Crippen molar-refractivity contribution in [2.75, 3.05) is 32.8 Å². The molecular weight excluding hydrogens is 857 g/mol. The van der Waals surface area contributed by atoms with E-state index in [2.05, 4.69) is 41.3 Å². The summed E-state index contributed by atoms with van der Waals surface area (Å²) < 4.78 is 22.4. The maximum Gasteiger partial charge on any atom is 0.414 e. The van der Waals surface area contributed by atoms with Crippen molar-refractivity contribution in [1.82, 2.24) is 15.5 Å². The molecule has 0 aliphatic rings. The Kier molecular flexibility index (Phi) is 42.2. The zero-order chi connectivity index (χ0) is 50.6. The molecule has 0 saturated carbocycles. The molecule has 0 atom stereocenters. The molecule has 68 heavy (non-hydrogen) atoms. The van der Waals surface area contributed by atoms with Crippen molar-refractivity contribution in [2.24, 2.45) is 4.99 Å². The number of rotatable bonds is 43. The second-order valence-electron chi connectivity index (χ2n) is 21.3. The Morgan fingerprint density at radius 1 is 0.456 bits per heavy atom. The van der Waals surface area contributed by atoms with Gasteiger partial charge < -0.3 is 23.8 Å². The van der Waals surface area contributed by atoms with Crippen LogP contribution in [0.15, 0.2) is 4.99 Å². The molecule has 2 amide bonds. The van der Waals surface area contributed by atoms with Gasteiger partial charge in [-0.3, -0.25) is 25.2 Å². The molecule has 0 heterocycles. The van der Waals surface area contributed by atoms with Crippen molar-refractivity contribution in [3.05, 3.63) is 0 Å². The minimum absolute atomic E-state index is 0.00301. The van der Waals surface area contributed by atoms with Gasteiger partial charge in [-0.2, -0.15) is 0 Å². The third kappa shape index (κ3) is 46.8. The number of aliphatic imine (C=N–C) groups is 1. The first kappa shape index (κ1) is 65.1. The average Bonchev–Trinajstić information content (AvgIpc) is 3.25. The Hall–Kier alpha value is -2.89. The number of nitrogens with one attached hydrogen (secondary N) is 2. The first-order valence-electron chi connectivity index (χ1n) is 28.2. The largest absolute Gasteiger partial charge is 0.466 e. The number of alkyl carbamates (subject to hydrolysis) is 2. The SMILES string of the molecule is CCCCCCCCCOC(=O)CCCCCCCN(CCCCCCCC(=O)OC(CCCCCCCC)CCCCCCCC)CCCN=C(NC(=O)OC(C)(C)C)NC(=O)OC(C)(C)C. The number of amides is 2. The highest BCUT2D eigenvalue weighted by Crippen LogP contribution is 2.19. The molecule has 0 saturated heterocycles. The maximum absolute atomic E-state index is 13.0. The van der Waals surface area contributed by atoms with Crippen molar-refractivity contribution >= 4 is 30.1 Å². The fraction of sp³-hybridized carbons (Fsp3) is 0.911. The van der Waals surface area contributed by atoms with Gasteiger partial charge in [0.05, 0.1) is 6.61 Å². The van der Waals surface area contributed by atoms with Crippen LogP contribution in [-0.4, -0.2) is 85.1 Å². The smallest absolute Gasteiger partial charge is 0.414 e. The lowest BCUT2D eigenvalue weighted by Crippen LogP contribution is -2.47. The molecule has 12 heteroatoms. The van der Waals surface area contributed by atoms with E-state index in [1.165, 1.54) is 96.3 Å². The van der Waals surface area contributed by atoms with E-state index in [0.29, 0.717) is 26.0 Å². The zero-order valence-electron chi connectivity index (χ0n) is 45.8. The predicted molar refractivity (Wildman–Crippen MR) is 282 cm³/mol. The number of unbranched alkanes of at least 4 members (excludes halogenated alkanes) is 24. The lowest BCUT2D eigenvalue weighted by molar-refractivity contribution is -0.150. The van der Waals surface area contributed by atoms with Crippen LogP contribution in [0.5, 0.6) is 0 Å². The molecule has 0 aliphatic heterocycles. The molecule has 2 N–H and O–H groups in total. The van der Waals surface area contributed by atoms with Crippen molar-refractivity contribution in [3.8, 4) is 0 Å². The summed E-state index contributed by atoms with van der Waals surface area (Å²) in [6.07, 6.45) is 36.2. The number of guanidine groups is 1. The number of nitrogens with zero attached hydrogens (tertiary/aromatic N) is 2. The van der Waals surface area contributed by atoms with E-state index in [1.54, 1.807) is 41.5 Å². The number of hydrogen-bond donors (Lipinski definition) is 2. The molecular formula is C56H108N4O8. The fourth-order valence-corrected chi connectivity index (χ4v) is 8.13. The lowest BCUT2D eigenvalue weighted by Gasteiger charge is -2.23. The van der Waals surface area contributed by atoms with Crippen molar-refractivity contribution in [1.29, 1.82) is 0 Å². The molecule has 0 aromatic heterocycles. The summed E-state index contributed by atoms with van der Waals surface area (Å²) in [6.45, 7) is 21.1. The number of carbonyl (C=O) groups excluding carboxylic acids is 4. The highest BCUT2D eigenvalue weighted by molar-refractivity contribution is 6.01. The number of carbonyl (C=O) groups is 4. The van der Waals surface area contributed by atoms with Crippen LogP contribution in [0.2, 0.25) is 0 Å². The van der Waals surface area contributed by atoms with Crippen molar-refractivity contribution in [3.63, 3.8) is 0 Å². The quantitative estimate of drug-likeness (QED) is 0.0201. The number of esters is 2. The van der Waals surface area contributed by atoms with E-state index in [0.717, 1.165) is 129 Å². The van der Waals surface area contributed by atoms with Crippen LogP contribution in [0.25, 0.3) is 0 Å². The van der Waals surface area contributed by atoms with Crippen LogP contribution < -0.4 is 10.6 Å². The standard InChI is InChI=1S/C56H108N4O8/c1-10-13-16-19-22-31-38-48-65-50(61)42-34-27-23-29-36-45-60(47-39-44-57-52(58-53(63)67-55(4,5)6)59-54(64)68-56(7,8)9)46-37-30-24-28-35-43-51(62)66-49(40-32-25-20-17-14-11-2)41-33-26-21-18-15-12-3/h49H,10-48H2,1-9H3,(H2,57,58,59,63,64). The van der Waals surface area contributed by atoms with Crippen LogP contribution in [0, 0.1) is 0 Å². The van der Waals surface area contributed by atoms with Crippen molar-refractivity contribution in [2.45, 2.75) is 298 Å². The minimum Gasteiger partial charge on any atom is -0.466 e. The van der Waals surface area contributed by atoms with E-state index in [1.807, 2.05) is 0 Å². The number of ether oxygens (including phenoxy) is 4. The lowest BCUT2D eigenvalue weighted by atomic mass is 10.0. The first-order valence-corrected chi connectivity index (χ1v) is 28.2. The topological polar surface area (TPSA) is 145 Å². The van der Waals surface area contributed by atoms with E-state index in [-0.39, 0.29) is 24.0 Å². The monoisotopic (exact) mass is 965 g/mol. The van der Waals surface area contributed by atoms with Gasteiger partial charge in [-0.25, -0.2) is 9.59 Å². The summed E-state index contributed by atoms with van der Waals surface area (Å²) >= 11 is 0. The van der Waals surface area contributed by atoms with Gasteiger partial charge in [0.2, 0.25) is 5.96 Å². The molecule has 0 spiro atoms. The summed E-state index contributed by atoms with van der Waals surface area (Å²) in [6, 6.07) is 0. The second kappa shape index (κ2) is 44.1. The molecule has 0 radical (unpaired) electrons. The zero-order valence-corrected chi connectivity index (χ0v) is 45.8. The van der Waals surface area contributed by atoms with E-state index in [9.17, 15) is 19.2 Å². The maximum atomic E-state index is 13.0. The van der Waals surface area contributed by atoms with Gasteiger partial charge in [-0.15, -0.1) is 0 Å². The Balaban J connectivity index is 5.08. The summed E-state index contributed by atoms with van der Waals surface area (Å²) in [7, 11) is 0. The third-order valence-corrected chi connectivity index (χ3v) is 11.9. The molecule has 0 fully saturated rings. The summed E-state index contributed by atoms with van der Waals surface area (Å²) in [5.74, 6) is -0.0937. The van der Waals surface area contributed by atoms with Crippen LogP contribution in [0.4, 0.5) is 9.59 Å². The molecule has 0 aliphatic carbocycles.